The van der Waals surface area contributed by atoms with Crippen LogP contribution in [0.4, 0.5) is 0 Å². The first kappa shape index (κ1) is 57.3. The number of hydrogen-bond donors (Lipinski definition) is 8. The van der Waals surface area contributed by atoms with Gasteiger partial charge in [-0.2, -0.15) is 0 Å². The molecule has 6 unspecified atom stereocenters. The van der Waals surface area contributed by atoms with E-state index in [-0.39, 0.29) is 24.3 Å². The van der Waals surface area contributed by atoms with Crippen LogP contribution in [-0.2, 0) is 57.1 Å². The highest BCUT2D eigenvalue weighted by molar-refractivity contribution is 5.89. The molecule has 0 aromatic heterocycles. The summed E-state index contributed by atoms with van der Waals surface area (Å²) in [4.78, 5) is 54.9. The summed E-state index contributed by atoms with van der Waals surface area (Å²) in [5, 5.41) is 91.9. The minimum Gasteiger partial charge on any atom is -0.469 e. The van der Waals surface area contributed by atoms with Crippen LogP contribution >= 0.6 is 0 Å². The third-order valence-electron chi connectivity index (χ3n) is 19.7. The predicted octanol–water partition coefficient (Wildman–Crippen LogP) is 1.68. The molecule has 73 heavy (non-hydrogen) atoms. The normalized spacial score (nSPS) is 47.6. The Morgan fingerprint density at radius 3 is 1.93 bits per heavy atom. The lowest BCUT2D eigenvalue weighted by atomic mass is 9.32. The number of hydrogen-bond acceptors (Lipinski definition) is 20. The average Bonchev–Trinajstić information content (AvgIpc) is 3.36. The van der Waals surface area contributed by atoms with Crippen LogP contribution < -0.4 is 0 Å². The lowest BCUT2D eigenvalue weighted by molar-refractivity contribution is -0.357. The summed E-state index contributed by atoms with van der Waals surface area (Å²) in [5.74, 6) is -4.48. The number of ether oxygens (including phenoxy) is 8. The number of aliphatic hydroxyl groups is 8. The highest BCUT2D eigenvalue weighted by Crippen LogP contribution is 2.76. The zero-order valence-corrected chi connectivity index (χ0v) is 44.2. The summed E-state index contributed by atoms with van der Waals surface area (Å²) in [6, 6.07) is 0. The maximum atomic E-state index is 14.5. The summed E-state index contributed by atoms with van der Waals surface area (Å²) in [5.41, 5.74) is -5.38. The van der Waals surface area contributed by atoms with Crippen molar-refractivity contribution in [1.29, 1.82) is 0 Å². The highest BCUT2D eigenvalue weighted by atomic mass is 16.7. The van der Waals surface area contributed by atoms with Gasteiger partial charge in [-0.3, -0.25) is 4.79 Å². The number of carbonyl (C=O) groups excluding carboxylic acids is 4. The van der Waals surface area contributed by atoms with Crippen molar-refractivity contribution >= 4 is 23.9 Å². The number of methoxy groups -OCH3 is 2. The lowest BCUT2D eigenvalue weighted by Gasteiger charge is -2.73. The summed E-state index contributed by atoms with van der Waals surface area (Å²) in [6.45, 7) is 17.1. The molecule has 0 amide bonds. The van der Waals surface area contributed by atoms with E-state index in [1.54, 1.807) is 46.8 Å². The molecule has 0 aromatic rings. The third kappa shape index (κ3) is 8.65. The van der Waals surface area contributed by atoms with Gasteiger partial charge in [0.1, 0.15) is 42.7 Å². The van der Waals surface area contributed by atoms with Crippen LogP contribution in [0, 0.1) is 50.2 Å². The first-order valence-corrected chi connectivity index (χ1v) is 25.6. The van der Waals surface area contributed by atoms with Crippen molar-refractivity contribution in [3.63, 3.8) is 0 Å². The molecular weight excluding hydrogens is 957 g/mol. The Balaban J connectivity index is 1.25. The molecule has 6 fully saturated rings. The fourth-order valence-electron chi connectivity index (χ4n) is 15.0. The second-order valence-electron chi connectivity index (χ2n) is 23.4. The van der Waals surface area contributed by atoms with Crippen molar-refractivity contribution in [2.45, 2.75) is 194 Å². The molecule has 7 rings (SSSR count). The van der Waals surface area contributed by atoms with Gasteiger partial charge < -0.3 is 78.7 Å². The van der Waals surface area contributed by atoms with E-state index in [1.165, 1.54) is 7.11 Å². The molecule has 5 aliphatic carbocycles. The molecule has 412 valence electrons. The van der Waals surface area contributed by atoms with E-state index in [0.717, 1.165) is 12.7 Å². The zero-order valence-electron chi connectivity index (χ0n) is 44.2. The molecule has 0 spiro atoms. The number of aliphatic hydroxyl groups excluding tert-OH is 8. The molecule has 2 saturated heterocycles. The quantitative estimate of drug-likeness (QED) is 0.0480. The first-order valence-electron chi connectivity index (χ1n) is 25.6. The Hall–Kier alpha value is -3.38. The Morgan fingerprint density at radius 2 is 1.36 bits per heavy atom. The van der Waals surface area contributed by atoms with Gasteiger partial charge in [0.15, 0.2) is 24.8 Å². The maximum Gasteiger partial charge on any atom is 0.337 e. The van der Waals surface area contributed by atoms with E-state index in [9.17, 15) is 60.0 Å². The van der Waals surface area contributed by atoms with Gasteiger partial charge in [0.05, 0.1) is 56.6 Å². The molecule has 7 aliphatic rings. The van der Waals surface area contributed by atoms with E-state index < -0.39 is 167 Å². The minimum atomic E-state index is -1.91. The Labute approximate surface area is 427 Å². The van der Waals surface area contributed by atoms with Crippen LogP contribution in [0.25, 0.3) is 0 Å². The minimum absolute atomic E-state index is 0.178. The molecule has 8 N–H and O–H groups in total. The first-order chi connectivity index (χ1) is 34.1. The number of allylic oxidation sites excluding steroid dienone is 3. The summed E-state index contributed by atoms with van der Waals surface area (Å²) in [7, 11) is 2.32. The van der Waals surface area contributed by atoms with Crippen molar-refractivity contribution in [3.8, 4) is 0 Å². The van der Waals surface area contributed by atoms with Gasteiger partial charge in [0, 0.05) is 22.0 Å². The second-order valence-corrected chi connectivity index (χ2v) is 23.4. The van der Waals surface area contributed by atoms with Gasteiger partial charge in [0.25, 0.3) is 0 Å². The standard InChI is InChI=1S/C53H80O20/c1-13-24(3)42(62)72-40-41(73-43(63)25(4)14-2)53(23-54)27(21-48(40,5)6)26-15-16-29-49(7)19-18-31(51(9,47(65)67-12)30(49)17-20-50(29,8)52(26,10)38(60)39(53)61)69-46-35(59)36(34(58)37(71-46)44(64)66-11)70-45-33(57)32(56)28(55)22-68-45/h13-15,27-41,45-46,54-61H,16-23H2,1-12H3/b24-13-,25-14-/t27-,28-,29?,30?,31-,32-,33+,34-,35+,36-,37-,38?,39?,40-,41?,45-,46+,49+,50+,51-,52?,53-/m0/s1. The summed E-state index contributed by atoms with van der Waals surface area (Å²) in [6.07, 6.45) is -15.2. The molecule has 20 heteroatoms. The van der Waals surface area contributed by atoms with Crippen molar-refractivity contribution in [1.82, 2.24) is 0 Å². The molecule has 4 saturated carbocycles. The van der Waals surface area contributed by atoms with Crippen LogP contribution in [0.2, 0.25) is 0 Å². The monoisotopic (exact) mass is 1040 g/mol. The van der Waals surface area contributed by atoms with Gasteiger partial charge in [-0.1, -0.05) is 58.4 Å². The predicted molar refractivity (Wildman–Crippen MR) is 255 cm³/mol. The maximum absolute atomic E-state index is 14.5. The zero-order chi connectivity index (χ0) is 54.3. The molecule has 2 aliphatic heterocycles. The Morgan fingerprint density at radius 1 is 0.740 bits per heavy atom. The van der Waals surface area contributed by atoms with Crippen LogP contribution in [0.5, 0.6) is 0 Å². The lowest BCUT2D eigenvalue weighted by Crippen LogP contribution is -2.76. The van der Waals surface area contributed by atoms with Gasteiger partial charge in [-0.05, 0) is 102 Å². The number of carbonyl (C=O) groups is 4. The molecule has 22 atom stereocenters. The summed E-state index contributed by atoms with van der Waals surface area (Å²) >= 11 is 0. The fraction of sp³-hybridized carbons (Fsp3) is 0.811. The van der Waals surface area contributed by atoms with Crippen LogP contribution in [0.15, 0.2) is 34.9 Å². The summed E-state index contributed by atoms with van der Waals surface area (Å²) < 4.78 is 46.7. The fourth-order valence-corrected chi connectivity index (χ4v) is 15.0. The van der Waals surface area contributed by atoms with Gasteiger partial charge in [-0.15, -0.1) is 0 Å². The van der Waals surface area contributed by atoms with Crippen molar-refractivity contribution in [3.05, 3.63) is 34.9 Å². The van der Waals surface area contributed by atoms with Crippen molar-refractivity contribution < 1.29 is 97.9 Å². The second kappa shape index (κ2) is 20.5. The van der Waals surface area contributed by atoms with E-state index >= 15 is 0 Å². The number of esters is 4. The Bertz CT molecular complexity index is 2210. The van der Waals surface area contributed by atoms with Crippen LogP contribution in [0.1, 0.15) is 108 Å². The number of fused-ring (bicyclic) bond motifs is 7. The van der Waals surface area contributed by atoms with Gasteiger partial charge in [0.2, 0.25) is 0 Å². The Kier molecular flexibility index (Phi) is 16.1. The van der Waals surface area contributed by atoms with Crippen LogP contribution in [-0.4, -0.2) is 178 Å². The molecule has 0 radical (unpaired) electrons. The largest absolute Gasteiger partial charge is 0.469 e. The average molecular weight is 1040 g/mol. The van der Waals surface area contributed by atoms with Crippen molar-refractivity contribution in [2.75, 3.05) is 27.4 Å². The molecule has 2 heterocycles. The van der Waals surface area contributed by atoms with Gasteiger partial charge in [-0.25, -0.2) is 14.4 Å². The van der Waals surface area contributed by atoms with E-state index in [0.29, 0.717) is 31.3 Å². The van der Waals surface area contributed by atoms with E-state index in [1.807, 2.05) is 20.8 Å². The van der Waals surface area contributed by atoms with E-state index in [2.05, 4.69) is 19.9 Å². The van der Waals surface area contributed by atoms with Crippen LogP contribution in [0.3, 0.4) is 0 Å². The molecule has 0 bridgehead atoms. The highest BCUT2D eigenvalue weighted by Gasteiger charge is 2.77. The smallest absolute Gasteiger partial charge is 0.337 e. The topological polar surface area (TPSA) is 304 Å². The molecule has 20 nitrogen and oxygen atoms in total. The molecular formula is C53H80O20. The third-order valence-corrected chi connectivity index (χ3v) is 19.7. The molecule has 0 aromatic carbocycles. The number of rotatable bonds is 11. The van der Waals surface area contributed by atoms with Gasteiger partial charge >= 0.3 is 23.9 Å². The SMILES string of the molecule is C/C=C(/C)C(=O)OC1[C@H](OC(=O)/C(C)=C\C)C(C)(C)C[C@H]2C3=CCC4[C@@]5(C)CC[C@H](O[C@@H]6O[C@H](C(=O)OC)[C@@H](O)[C@H](O[C@@H]7OC[C@H](O)[C@H](O)[C@H]7O)[C@H]6O)[C@@](C)(C(=O)OC)C5CC[C@@]4(C)C3(C)C(O)C(O)[C@@]12CO. The van der Waals surface area contributed by atoms with Crippen molar-refractivity contribution in [2.24, 2.45) is 50.2 Å². The van der Waals surface area contributed by atoms with E-state index in [4.69, 9.17) is 37.9 Å².